The molecule has 3 aromatic rings. The van der Waals surface area contributed by atoms with Gasteiger partial charge in [-0.05, 0) is 36.4 Å². The van der Waals surface area contributed by atoms with Crippen molar-refractivity contribution < 1.29 is 13.5 Å². The Hall–Kier alpha value is -2.69. The predicted molar refractivity (Wildman–Crippen MR) is 72.6 cm³/mol. The third kappa shape index (κ3) is 2.38. The summed E-state index contributed by atoms with van der Waals surface area (Å²) in [5, 5.41) is 0.858. The first-order chi connectivity index (χ1) is 9.61. The number of nitrogens with two attached hydrogens (primary N) is 1. The van der Waals surface area contributed by atoms with Gasteiger partial charge in [-0.25, -0.2) is 13.8 Å². The third-order valence-corrected chi connectivity index (χ3v) is 2.80. The molecule has 0 saturated heterocycles. The van der Waals surface area contributed by atoms with Gasteiger partial charge in [0.05, 0.1) is 5.52 Å². The molecule has 20 heavy (non-hydrogen) atoms. The Kier molecular flexibility index (Phi) is 2.95. The first-order valence-corrected chi connectivity index (χ1v) is 5.91. The molecule has 0 amide bonds. The summed E-state index contributed by atoms with van der Waals surface area (Å²) in [7, 11) is 0. The molecule has 0 bridgehead atoms. The number of rotatable bonds is 2. The van der Waals surface area contributed by atoms with Gasteiger partial charge in [-0.3, -0.25) is 0 Å². The quantitative estimate of drug-likeness (QED) is 0.720. The standard InChI is InChI=1S/C15H10F2N2O/c16-10-2-5-14(12(17)8-10)20-15-6-1-9-7-11(18)3-4-13(9)19-15/h1-8H,18H2. The maximum atomic E-state index is 13.5. The van der Waals surface area contributed by atoms with E-state index in [0.717, 1.165) is 17.5 Å². The molecule has 100 valence electrons. The lowest BCUT2D eigenvalue weighted by Crippen LogP contribution is -1.92. The monoisotopic (exact) mass is 272 g/mol. The Labute approximate surface area is 113 Å². The van der Waals surface area contributed by atoms with Crippen molar-refractivity contribution in [3.8, 4) is 11.6 Å². The highest BCUT2D eigenvalue weighted by Crippen LogP contribution is 2.25. The van der Waals surface area contributed by atoms with Crippen LogP contribution in [0.4, 0.5) is 14.5 Å². The Morgan fingerprint density at radius 1 is 0.950 bits per heavy atom. The molecule has 0 fully saturated rings. The van der Waals surface area contributed by atoms with Crippen LogP contribution in [0, 0.1) is 11.6 Å². The number of hydrogen-bond donors (Lipinski definition) is 1. The molecular weight excluding hydrogens is 262 g/mol. The summed E-state index contributed by atoms with van der Waals surface area (Å²) in [6, 6.07) is 11.7. The number of aromatic nitrogens is 1. The van der Waals surface area contributed by atoms with Crippen LogP contribution < -0.4 is 10.5 Å². The van der Waals surface area contributed by atoms with Gasteiger partial charge in [0.25, 0.3) is 0 Å². The van der Waals surface area contributed by atoms with Crippen LogP contribution in [-0.2, 0) is 0 Å². The Bertz CT molecular complexity index is 790. The summed E-state index contributed by atoms with van der Waals surface area (Å²) in [5.74, 6) is -1.28. The maximum absolute atomic E-state index is 13.5. The third-order valence-electron chi connectivity index (χ3n) is 2.80. The van der Waals surface area contributed by atoms with E-state index in [-0.39, 0.29) is 11.6 Å². The van der Waals surface area contributed by atoms with Gasteiger partial charge in [0.1, 0.15) is 5.82 Å². The van der Waals surface area contributed by atoms with Gasteiger partial charge < -0.3 is 10.5 Å². The van der Waals surface area contributed by atoms with Crippen molar-refractivity contribution in [2.75, 3.05) is 5.73 Å². The molecule has 5 heteroatoms. The molecule has 2 N–H and O–H groups in total. The predicted octanol–water partition coefficient (Wildman–Crippen LogP) is 3.89. The van der Waals surface area contributed by atoms with E-state index in [1.54, 1.807) is 30.3 Å². The summed E-state index contributed by atoms with van der Waals surface area (Å²) in [6.45, 7) is 0. The van der Waals surface area contributed by atoms with Gasteiger partial charge in [-0.2, -0.15) is 0 Å². The number of nitrogen functional groups attached to an aromatic ring is 1. The van der Waals surface area contributed by atoms with E-state index in [1.807, 2.05) is 0 Å². The average Bonchev–Trinajstić information content (AvgIpc) is 2.42. The average molecular weight is 272 g/mol. The largest absolute Gasteiger partial charge is 0.436 e. The van der Waals surface area contributed by atoms with Crippen LogP contribution in [0.25, 0.3) is 10.9 Å². The fourth-order valence-electron chi connectivity index (χ4n) is 1.85. The van der Waals surface area contributed by atoms with Gasteiger partial charge in [0.2, 0.25) is 5.88 Å². The van der Waals surface area contributed by atoms with Crippen molar-refractivity contribution in [1.82, 2.24) is 4.98 Å². The van der Waals surface area contributed by atoms with E-state index in [9.17, 15) is 8.78 Å². The van der Waals surface area contributed by atoms with Gasteiger partial charge in [-0.1, -0.05) is 0 Å². The number of nitrogens with zero attached hydrogens (tertiary/aromatic N) is 1. The SMILES string of the molecule is Nc1ccc2nc(Oc3ccc(F)cc3F)ccc2c1. The summed E-state index contributed by atoms with van der Waals surface area (Å²) in [5.41, 5.74) is 6.99. The summed E-state index contributed by atoms with van der Waals surface area (Å²) >= 11 is 0. The Balaban J connectivity index is 1.96. The van der Waals surface area contributed by atoms with Crippen LogP contribution >= 0.6 is 0 Å². The topological polar surface area (TPSA) is 48.1 Å². The van der Waals surface area contributed by atoms with Crippen LogP contribution in [0.3, 0.4) is 0 Å². The molecule has 0 aliphatic rings. The first kappa shape index (κ1) is 12.3. The van der Waals surface area contributed by atoms with E-state index in [0.29, 0.717) is 11.2 Å². The fraction of sp³-hybridized carbons (Fsp3) is 0. The zero-order valence-corrected chi connectivity index (χ0v) is 10.3. The number of anilines is 1. The molecule has 0 unspecified atom stereocenters. The normalized spacial score (nSPS) is 10.7. The van der Waals surface area contributed by atoms with E-state index in [2.05, 4.69) is 4.98 Å². The number of hydrogen-bond acceptors (Lipinski definition) is 3. The van der Waals surface area contributed by atoms with Crippen LogP contribution in [0.15, 0.2) is 48.5 Å². The van der Waals surface area contributed by atoms with Crippen LogP contribution in [0.5, 0.6) is 11.6 Å². The van der Waals surface area contributed by atoms with Crippen molar-refractivity contribution in [3.05, 3.63) is 60.2 Å². The van der Waals surface area contributed by atoms with Crippen molar-refractivity contribution in [2.45, 2.75) is 0 Å². The Morgan fingerprint density at radius 3 is 2.60 bits per heavy atom. The van der Waals surface area contributed by atoms with E-state index in [4.69, 9.17) is 10.5 Å². The number of pyridine rings is 1. The number of halogens is 2. The molecule has 1 heterocycles. The maximum Gasteiger partial charge on any atom is 0.219 e. The van der Waals surface area contributed by atoms with Crippen LogP contribution in [-0.4, -0.2) is 4.98 Å². The number of fused-ring (bicyclic) bond motifs is 1. The highest BCUT2D eigenvalue weighted by atomic mass is 19.1. The van der Waals surface area contributed by atoms with Crippen molar-refractivity contribution >= 4 is 16.6 Å². The summed E-state index contributed by atoms with van der Waals surface area (Å²) in [4.78, 5) is 4.24. The van der Waals surface area contributed by atoms with Gasteiger partial charge in [0, 0.05) is 23.2 Å². The van der Waals surface area contributed by atoms with Crippen LogP contribution in [0.1, 0.15) is 0 Å². The molecule has 2 aromatic carbocycles. The lowest BCUT2D eigenvalue weighted by atomic mass is 10.2. The minimum absolute atomic E-state index is 0.0753. The molecule has 3 rings (SSSR count). The zero-order chi connectivity index (χ0) is 14.1. The molecule has 0 spiro atoms. The van der Waals surface area contributed by atoms with Crippen molar-refractivity contribution in [3.63, 3.8) is 0 Å². The second-order valence-electron chi connectivity index (χ2n) is 4.28. The lowest BCUT2D eigenvalue weighted by molar-refractivity contribution is 0.425. The minimum Gasteiger partial charge on any atom is -0.436 e. The molecular formula is C15H10F2N2O. The highest BCUT2D eigenvalue weighted by molar-refractivity contribution is 5.82. The minimum atomic E-state index is -0.774. The van der Waals surface area contributed by atoms with Crippen LogP contribution in [0.2, 0.25) is 0 Å². The molecule has 3 nitrogen and oxygen atoms in total. The summed E-state index contributed by atoms with van der Waals surface area (Å²) in [6.07, 6.45) is 0. The van der Waals surface area contributed by atoms with Gasteiger partial charge in [-0.15, -0.1) is 0 Å². The van der Waals surface area contributed by atoms with Gasteiger partial charge in [0.15, 0.2) is 11.6 Å². The second-order valence-corrected chi connectivity index (χ2v) is 4.28. The molecule has 1 aromatic heterocycles. The van der Waals surface area contributed by atoms with Gasteiger partial charge >= 0.3 is 0 Å². The van der Waals surface area contributed by atoms with E-state index >= 15 is 0 Å². The first-order valence-electron chi connectivity index (χ1n) is 5.91. The smallest absolute Gasteiger partial charge is 0.219 e. The molecule has 0 radical (unpaired) electrons. The fourth-order valence-corrected chi connectivity index (χ4v) is 1.85. The molecule has 0 atom stereocenters. The van der Waals surface area contributed by atoms with E-state index in [1.165, 1.54) is 6.07 Å². The highest BCUT2D eigenvalue weighted by Gasteiger charge is 2.07. The number of ether oxygens (including phenoxy) is 1. The lowest BCUT2D eigenvalue weighted by Gasteiger charge is -2.07. The van der Waals surface area contributed by atoms with Crippen molar-refractivity contribution in [2.24, 2.45) is 0 Å². The zero-order valence-electron chi connectivity index (χ0n) is 10.3. The molecule has 0 aliphatic heterocycles. The second kappa shape index (κ2) is 4.77. The molecule has 0 saturated carbocycles. The molecule has 0 aliphatic carbocycles. The van der Waals surface area contributed by atoms with Crippen molar-refractivity contribution in [1.29, 1.82) is 0 Å². The summed E-state index contributed by atoms with van der Waals surface area (Å²) < 4.78 is 31.6. The van der Waals surface area contributed by atoms with E-state index < -0.39 is 11.6 Å². The Morgan fingerprint density at radius 2 is 1.80 bits per heavy atom. The number of benzene rings is 2.